The van der Waals surface area contributed by atoms with Crippen molar-refractivity contribution in [1.82, 2.24) is 14.5 Å². The van der Waals surface area contributed by atoms with Crippen molar-refractivity contribution in [2.24, 2.45) is 5.41 Å². The highest BCUT2D eigenvalue weighted by Crippen LogP contribution is 2.38. The molecule has 4 aromatic rings. The van der Waals surface area contributed by atoms with Crippen LogP contribution in [0.2, 0.25) is 0 Å². The van der Waals surface area contributed by atoms with Gasteiger partial charge in [-0.3, -0.25) is 19.3 Å². The number of hydrogen-bond acceptors (Lipinski definition) is 7. The lowest BCUT2D eigenvalue weighted by molar-refractivity contribution is -0.137. The Labute approximate surface area is 250 Å². The van der Waals surface area contributed by atoms with Crippen LogP contribution >= 0.6 is 11.3 Å². The van der Waals surface area contributed by atoms with Gasteiger partial charge in [0, 0.05) is 56.4 Å². The number of hydrogen-bond donors (Lipinski definition) is 0. The molecule has 0 saturated heterocycles. The summed E-state index contributed by atoms with van der Waals surface area (Å²) in [5.74, 6) is 0.330. The van der Waals surface area contributed by atoms with Crippen LogP contribution < -0.4 is 15.4 Å². The number of furan rings is 1. The maximum atomic E-state index is 13.3. The molecular weight excluding hydrogens is 550 g/mol. The second kappa shape index (κ2) is 11.5. The molecule has 0 saturated carbocycles. The molecule has 0 fully saturated rings. The number of rotatable bonds is 9. The third kappa shape index (κ3) is 5.41. The van der Waals surface area contributed by atoms with Crippen LogP contribution in [0.5, 0.6) is 0 Å². The Kier molecular flexibility index (Phi) is 8.13. The Morgan fingerprint density at radius 1 is 1.02 bits per heavy atom. The molecule has 0 atom stereocenters. The van der Waals surface area contributed by atoms with Crippen LogP contribution in [0.4, 0.5) is 11.4 Å². The molecular formula is C32H39N5O4S. The van der Waals surface area contributed by atoms with Gasteiger partial charge in [-0.25, -0.2) is 4.98 Å². The van der Waals surface area contributed by atoms with Gasteiger partial charge in [-0.1, -0.05) is 6.07 Å². The number of carbonyl (C=O) groups excluding carboxylic acids is 2. The first kappa shape index (κ1) is 29.7. The minimum absolute atomic E-state index is 0.0437. The second-order valence-corrected chi connectivity index (χ2v) is 12.6. The first-order chi connectivity index (χ1) is 19.9. The van der Waals surface area contributed by atoms with Crippen LogP contribution in [-0.4, -0.2) is 52.9 Å². The lowest BCUT2D eigenvalue weighted by Gasteiger charge is -2.27. The van der Waals surface area contributed by atoms with Crippen molar-refractivity contribution in [2.75, 3.05) is 36.5 Å². The van der Waals surface area contributed by atoms with Gasteiger partial charge in [0.05, 0.1) is 28.0 Å². The number of nitrogens with zero attached hydrogens (tertiary/aromatic N) is 5. The molecule has 222 valence electrons. The van der Waals surface area contributed by atoms with E-state index in [9.17, 15) is 14.4 Å². The molecule has 1 aliphatic rings. The molecule has 0 radical (unpaired) electrons. The molecule has 0 unspecified atom stereocenters. The Morgan fingerprint density at radius 2 is 1.79 bits per heavy atom. The van der Waals surface area contributed by atoms with Gasteiger partial charge < -0.3 is 18.8 Å². The third-order valence-corrected chi connectivity index (χ3v) is 9.19. The Bertz CT molecular complexity index is 1720. The molecule has 0 aliphatic carbocycles. The number of carbonyl (C=O) groups is 2. The smallest absolute Gasteiger partial charge is 0.261 e. The van der Waals surface area contributed by atoms with Gasteiger partial charge in [-0.2, -0.15) is 0 Å². The van der Waals surface area contributed by atoms with Gasteiger partial charge in [0.25, 0.3) is 5.56 Å². The lowest BCUT2D eigenvalue weighted by Crippen LogP contribution is -2.47. The molecule has 0 bridgehead atoms. The lowest BCUT2D eigenvalue weighted by atomic mass is 9.90. The number of aromatic nitrogens is 2. The van der Waals surface area contributed by atoms with Gasteiger partial charge in [0.15, 0.2) is 0 Å². The van der Waals surface area contributed by atoms with E-state index in [4.69, 9.17) is 4.42 Å². The zero-order valence-corrected chi connectivity index (χ0v) is 26.3. The summed E-state index contributed by atoms with van der Waals surface area (Å²) < 4.78 is 7.53. The molecule has 1 aliphatic heterocycles. The predicted octanol–water partition coefficient (Wildman–Crippen LogP) is 5.08. The Hall–Kier alpha value is -3.76. The number of fused-ring (bicyclic) bond motifs is 2. The number of anilines is 2. The molecule has 4 heterocycles. The van der Waals surface area contributed by atoms with E-state index in [0.717, 1.165) is 53.5 Å². The normalized spacial score (nSPS) is 15.1. The van der Waals surface area contributed by atoms with E-state index in [1.165, 1.54) is 4.88 Å². The standard InChI is InChI=1S/C32H39N5O4S/c1-8-37-25-10-9-23(16-26(25)34(7)30(39)32(5,6)31(37)40)11-12-35(18-27-22(4)33-19-42-27)13-14-36-17-20(2)28-24(29(36)38)15-21(3)41-28/h9-10,15-17,19H,8,11-14,18H2,1-7H3. The number of thiazole rings is 1. The zero-order valence-electron chi connectivity index (χ0n) is 25.5. The number of pyridine rings is 1. The third-order valence-electron chi connectivity index (χ3n) is 8.27. The Morgan fingerprint density at radius 3 is 2.48 bits per heavy atom. The summed E-state index contributed by atoms with van der Waals surface area (Å²) in [7, 11) is 1.75. The van der Waals surface area contributed by atoms with Gasteiger partial charge in [-0.15, -0.1) is 11.3 Å². The minimum Gasteiger partial charge on any atom is -0.461 e. The average molecular weight is 590 g/mol. The van der Waals surface area contributed by atoms with Crippen LogP contribution in [-0.2, 0) is 29.1 Å². The van der Waals surface area contributed by atoms with Gasteiger partial charge >= 0.3 is 0 Å². The molecule has 3 aromatic heterocycles. The summed E-state index contributed by atoms with van der Waals surface area (Å²) in [6.07, 6.45) is 2.62. The zero-order chi connectivity index (χ0) is 30.3. The van der Waals surface area contributed by atoms with Crippen molar-refractivity contribution in [3.8, 4) is 0 Å². The van der Waals surface area contributed by atoms with E-state index in [1.54, 1.807) is 46.6 Å². The van der Waals surface area contributed by atoms with Gasteiger partial charge in [0.1, 0.15) is 16.8 Å². The first-order valence-electron chi connectivity index (χ1n) is 14.4. The van der Waals surface area contributed by atoms with Gasteiger partial charge in [0.2, 0.25) is 11.8 Å². The largest absolute Gasteiger partial charge is 0.461 e. The minimum atomic E-state index is -1.14. The van der Waals surface area contributed by atoms with E-state index in [0.29, 0.717) is 30.6 Å². The topological polar surface area (TPSA) is 91.9 Å². The van der Waals surface area contributed by atoms with E-state index >= 15 is 0 Å². The molecule has 5 rings (SSSR count). The van der Waals surface area contributed by atoms with Crippen molar-refractivity contribution in [2.45, 2.75) is 61.1 Å². The summed E-state index contributed by atoms with van der Waals surface area (Å²) in [6.45, 7) is 14.3. The van der Waals surface area contributed by atoms with Crippen molar-refractivity contribution in [1.29, 1.82) is 0 Å². The Balaban J connectivity index is 1.39. The summed E-state index contributed by atoms with van der Waals surface area (Å²) in [6, 6.07) is 7.85. The molecule has 0 spiro atoms. The fraction of sp³-hybridized carbons (Fsp3) is 0.438. The van der Waals surface area contributed by atoms with Crippen molar-refractivity contribution in [3.63, 3.8) is 0 Å². The SMILES string of the molecule is CCN1C(=O)C(C)(C)C(=O)N(C)c2cc(CCN(CCn3cc(C)c4oc(C)cc4c3=O)Cc3scnc3C)ccc21. The van der Waals surface area contributed by atoms with Crippen molar-refractivity contribution >= 4 is 45.5 Å². The van der Waals surface area contributed by atoms with Crippen molar-refractivity contribution < 1.29 is 14.0 Å². The van der Waals surface area contributed by atoms with Crippen LogP contribution in [0.25, 0.3) is 11.0 Å². The highest BCUT2D eigenvalue weighted by atomic mass is 32.1. The van der Waals surface area contributed by atoms with Crippen LogP contribution in [0, 0.1) is 26.2 Å². The molecule has 2 amide bonds. The summed E-state index contributed by atoms with van der Waals surface area (Å²) in [4.78, 5) is 51.0. The number of aryl methyl sites for hydroxylation is 3. The second-order valence-electron chi connectivity index (χ2n) is 11.7. The average Bonchev–Trinajstić information content (AvgIpc) is 3.56. The highest BCUT2D eigenvalue weighted by molar-refractivity contribution is 7.09. The monoisotopic (exact) mass is 589 g/mol. The highest BCUT2D eigenvalue weighted by Gasteiger charge is 2.45. The van der Waals surface area contributed by atoms with Crippen LogP contribution in [0.3, 0.4) is 0 Å². The van der Waals surface area contributed by atoms with E-state index in [2.05, 4.69) is 9.88 Å². The maximum Gasteiger partial charge on any atom is 0.261 e. The quantitative estimate of drug-likeness (QED) is 0.253. The fourth-order valence-corrected chi connectivity index (χ4v) is 6.55. The van der Waals surface area contributed by atoms with Gasteiger partial charge in [-0.05, 0) is 71.7 Å². The molecule has 0 N–H and O–H groups in total. The van der Waals surface area contributed by atoms with E-state index in [1.807, 2.05) is 63.7 Å². The molecule has 1 aromatic carbocycles. The number of amides is 2. The number of benzene rings is 1. The first-order valence-corrected chi connectivity index (χ1v) is 15.2. The fourth-order valence-electron chi connectivity index (χ4n) is 5.73. The van der Waals surface area contributed by atoms with E-state index < -0.39 is 5.41 Å². The van der Waals surface area contributed by atoms with E-state index in [-0.39, 0.29) is 17.4 Å². The molecule has 42 heavy (non-hydrogen) atoms. The molecule has 10 heteroatoms. The van der Waals surface area contributed by atoms with Crippen LogP contribution in [0.15, 0.2) is 45.2 Å². The van der Waals surface area contributed by atoms with Crippen LogP contribution in [0.1, 0.15) is 48.2 Å². The molecule has 9 nitrogen and oxygen atoms in total. The summed E-state index contributed by atoms with van der Waals surface area (Å²) >= 11 is 1.64. The summed E-state index contributed by atoms with van der Waals surface area (Å²) in [5, 5.41) is 0.615. The maximum absolute atomic E-state index is 13.3. The van der Waals surface area contributed by atoms with Crippen molar-refractivity contribution in [3.05, 3.63) is 73.8 Å². The predicted molar refractivity (Wildman–Crippen MR) is 167 cm³/mol. The summed E-state index contributed by atoms with van der Waals surface area (Å²) in [5.41, 5.74) is 5.88.